The largest absolute Gasteiger partial charge is 0.309 e. The molecule has 0 aliphatic carbocycles. The van der Waals surface area contributed by atoms with Gasteiger partial charge in [0.2, 0.25) is 0 Å². The van der Waals surface area contributed by atoms with Gasteiger partial charge < -0.3 is 4.90 Å². The molecule has 0 radical (unpaired) electrons. The van der Waals surface area contributed by atoms with Gasteiger partial charge in [0.15, 0.2) is 0 Å². The molecule has 1 atom stereocenters. The lowest BCUT2D eigenvalue weighted by atomic mass is 9.92. The second-order valence-electron chi connectivity index (χ2n) is 5.75. The number of hydrogen-bond donors (Lipinski definition) is 0. The first kappa shape index (κ1) is 14.8. The normalized spacial score (nSPS) is 12.6. The van der Waals surface area contributed by atoms with Crippen molar-refractivity contribution in [3.63, 3.8) is 0 Å². The van der Waals surface area contributed by atoms with Crippen LogP contribution in [0.2, 0.25) is 0 Å². The van der Waals surface area contributed by atoms with Crippen molar-refractivity contribution in [2.45, 2.75) is 25.2 Å². The van der Waals surface area contributed by atoms with E-state index in [1.807, 2.05) is 0 Å². The Labute approximate surface area is 123 Å². The summed E-state index contributed by atoms with van der Waals surface area (Å²) in [6.07, 6.45) is 3.67. The Morgan fingerprint density at radius 2 is 1.45 bits per heavy atom. The third-order valence-electron chi connectivity index (χ3n) is 3.72. The zero-order chi connectivity index (χ0) is 14.2. The molecule has 0 heterocycles. The molecule has 1 heteroatoms. The third kappa shape index (κ3) is 4.82. The monoisotopic (exact) mass is 267 g/mol. The Hall–Kier alpha value is -1.60. The van der Waals surface area contributed by atoms with Crippen molar-refractivity contribution in [1.82, 2.24) is 4.90 Å². The Morgan fingerprint density at radius 1 is 0.850 bits per heavy atom. The third-order valence-corrected chi connectivity index (χ3v) is 3.72. The minimum absolute atomic E-state index is 0.634. The van der Waals surface area contributed by atoms with Gasteiger partial charge in [0.1, 0.15) is 0 Å². The van der Waals surface area contributed by atoms with Crippen molar-refractivity contribution in [2.75, 3.05) is 20.6 Å². The van der Waals surface area contributed by atoms with Crippen molar-refractivity contribution in [2.24, 2.45) is 0 Å². The molecular weight excluding hydrogens is 242 g/mol. The number of benzene rings is 2. The van der Waals surface area contributed by atoms with Crippen LogP contribution >= 0.6 is 0 Å². The van der Waals surface area contributed by atoms with Gasteiger partial charge in [-0.25, -0.2) is 0 Å². The molecule has 0 spiro atoms. The molecule has 20 heavy (non-hydrogen) atoms. The van der Waals surface area contributed by atoms with Gasteiger partial charge in [-0.05, 0) is 50.4 Å². The van der Waals surface area contributed by atoms with Crippen LogP contribution in [0.3, 0.4) is 0 Å². The predicted molar refractivity (Wildman–Crippen MR) is 87.1 cm³/mol. The SMILES string of the molecule is CN(C)C[C@H](CCCc1ccccc1)c1ccccc1. The van der Waals surface area contributed by atoms with Crippen LogP contribution in [0.5, 0.6) is 0 Å². The summed E-state index contributed by atoms with van der Waals surface area (Å²) in [5.41, 5.74) is 2.92. The molecule has 1 nitrogen and oxygen atoms in total. The summed E-state index contributed by atoms with van der Waals surface area (Å²) in [5, 5.41) is 0. The molecule has 0 amide bonds. The van der Waals surface area contributed by atoms with Crippen LogP contribution in [-0.2, 0) is 6.42 Å². The molecule has 0 saturated heterocycles. The van der Waals surface area contributed by atoms with Gasteiger partial charge >= 0.3 is 0 Å². The summed E-state index contributed by atoms with van der Waals surface area (Å²) < 4.78 is 0. The fourth-order valence-corrected chi connectivity index (χ4v) is 2.73. The topological polar surface area (TPSA) is 3.24 Å². The summed E-state index contributed by atoms with van der Waals surface area (Å²) in [5.74, 6) is 0.634. The standard InChI is InChI=1S/C19H25N/c1-20(2)16-19(18-13-7-4-8-14-18)15-9-12-17-10-5-3-6-11-17/h3-8,10-11,13-14,19H,9,12,15-16H2,1-2H3/t19-/m0/s1. The maximum atomic E-state index is 2.29. The van der Waals surface area contributed by atoms with Gasteiger partial charge in [-0.15, -0.1) is 0 Å². The highest BCUT2D eigenvalue weighted by Crippen LogP contribution is 2.22. The maximum Gasteiger partial charge on any atom is 0.00442 e. The second-order valence-corrected chi connectivity index (χ2v) is 5.75. The fraction of sp³-hybridized carbons (Fsp3) is 0.368. The van der Waals surface area contributed by atoms with Crippen LogP contribution in [0, 0.1) is 0 Å². The van der Waals surface area contributed by atoms with Crippen LogP contribution < -0.4 is 0 Å². The lowest BCUT2D eigenvalue weighted by Gasteiger charge is -2.21. The molecule has 106 valence electrons. The number of rotatable bonds is 7. The van der Waals surface area contributed by atoms with Gasteiger partial charge in [0.05, 0.1) is 0 Å². The Bertz CT molecular complexity index is 476. The lowest BCUT2D eigenvalue weighted by molar-refractivity contribution is 0.360. The smallest absolute Gasteiger partial charge is 0.00442 e. The van der Waals surface area contributed by atoms with E-state index in [1.165, 1.54) is 30.4 Å². The highest BCUT2D eigenvalue weighted by atomic mass is 15.1. The van der Waals surface area contributed by atoms with Gasteiger partial charge in [0, 0.05) is 6.54 Å². The Balaban J connectivity index is 1.91. The van der Waals surface area contributed by atoms with E-state index in [9.17, 15) is 0 Å². The molecule has 0 fully saturated rings. The molecular formula is C19H25N. The molecule has 0 unspecified atom stereocenters. The highest BCUT2D eigenvalue weighted by Gasteiger charge is 2.12. The first-order valence-corrected chi connectivity index (χ1v) is 7.49. The minimum Gasteiger partial charge on any atom is -0.309 e. The van der Waals surface area contributed by atoms with Gasteiger partial charge in [-0.2, -0.15) is 0 Å². The predicted octanol–water partition coefficient (Wildman–Crippen LogP) is 4.35. The molecule has 0 bridgehead atoms. The first-order chi connectivity index (χ1) is 9.75. The van der Waals surface area contributed by atoms with Gasteiger partial charge in [0.25, 0.3) is 0 Å². The van der Waals surface area contributed by atoms with Crippen LogP contribution in [0.25, 0.3) is 0 Å². The molecule has 0 aliphatic rings. The van der Waals surface area contributed by atoms with E-state index in [-0.39, 0.29) is 0 Å². The van der Waals surface area contributed by atoms with E-state index in [0.717, 1.165) is 6.54 Å². The van der Waals surface area contributed by atoms with Crippen molar-refractivity contribution < 1.29 is 0 Å². The number of hydrogen-bond acceptors (Lipinski definition) is 1. The van der Waals surface area contributed by atoms with Crippen LogP contribution in [0.1, 0.15) is 29.9 Å². The first-order valence-electron chi connectivity index (χ1n) is 7.49. The maximum absolute atomic E-state index is 2.29. The molecule has 2 rings (SSSR count). The lowest BCUT2D eigenvalue weighted by Crippen LogP contribution is -2.20. The zero-order valence-electron chi connectivity index (χ0n) is 12.6. The van der Waals surface area contributed by atoms with Crippen LogP contribution in [-0.4, -0.2) is 25.5 Å². The van der Waals surface area contributed by atoms with E-state index in [0.29, 0.717) is 5.92 Å². The summed E-state index contributed by atoms with van der Waals surface area (Å²) in [7, 11) is 4.32. The molecule has 2 aromatic rings. The van der Waals surface area contributed by atoms with Gasteiger partial charge in [-0.3, -0.25) is 0 Å². The number of likely N-dealkylation sites (N-methyl/N-ethyl adjacent to an activating group) is 1. The van der Waals surface area contributed by atoms with Crippen molar-refractivity contribution in [1.29, 1.82) is 0 Å². The molecule has 0 aliphatic heterocycles. The summed E-state index contributed by atoms with van der Waals surface area (Å²) in [6.45, 7) is 1.12. The van der Waals surface area contributed by atoms with Gasteiger partial charge in [-0.1, -0.05) is 60.7 Å². The molecule has 2 aromatic carbocycles. The summed E-state index contributed by atoms with van der Waals surface area (Å²) in [4.78, 5) is 2.29. The van der Waals surface area contributed by atoms with E-state index < -0.39 is 0 Å². The fourth-order valence-electron chi connectivity index (χ4n) is 2.73. The van der Waals surface area contributed by atoms with E-state index >= 15 is 0 Å². The van der Waals surface area contributed by atoms with E-state index in [4.69, 9.17) is 0 Å². The molecule has 0 saturated carbocycles. The van der Waals surface area contributed by atoms with E-state index in [2.05, 4.69) is 79.7 Å². The Morgan fingerprint density at radius 3 is 2.05 bits per heavy atom. The molecule has 0 aromatic heterocycles. The summed E-state index contributed by atoms with van der Waals surface area (Å²) >= 11 is 0. The van der Waals surface area contributed by atoms with Crippen molar-refractivity contribution in [3.05, 3.63) is 71.8 Å². The Kier molecular flexibility index (Phi) is 5.82. The van der Waals surface area contributed by atoms with Crippen molar-refractivity contribution in [3.8, 4) is 0 Å². The minimum atomic E-state index is 0.634. The van der Waals surface area contributed by atoms with E-state index in [1.54, 1.807) is 0 Å². The van der Waals surface area contributed by atoms with Crippen molar-refractivity contribution >= 4 is 0 Å². The number of aryl methyl sites for hydroxylation is 1. The zero-order valence-corrected chi connectivity index (χ0v) is 12.6. The van der Waals surface area contributed by atoms with Crippen LogP contribution in [0.4, 0.5) is 0 Å². The average Bonchev–Trinajstić information content (AvgIpc) is 2.48. The molecule has 0 N–H and O–H groups in total. The summed E-state index contributed by atoms with van der Waals surface area (Å²) in [6, 6.07) is 21.7. The van der Waals surface area contributed by atoms with Crippen LogP contribution in [0.15, 0.2) is 60.7 Å². The average molecular weight is 267 g/mol. The highest BCUT2D eigenvalue weighted by molar-refractivity contribution is 5.20. The number of nitrogens with zero attached hydrogens (tertiary/aromatic N) is 1. The second kappa shape index (κ2) is 7.86. The quantitative estimate of drug-likeness (QED) is 0.720.